The van der Waals surface area contributed by atoms with Crippen molar-refractivity contribution in [1.29, 1.82) is 0 Å². The van der Waals surface area contributed by atoms with E-state index >= 15 is 0 Å². The summed E-state index contributed by atoms with van der Waals surface area (Å²) in [5.74, 6) is -0.572. The van der Waals surface area contributed by atoms with Gasteiger partial charge in [-0.15, -0.1) is 0 Å². The molecule has 0 aliphatic carbocycles. The minimum Gasteiger partial charge on any atom is -0.467 e. The van der Waals surface area contributed by atoms with Crippen LogP contribution in [0.15, 0.2) is 97.1 Å². The number of rotatable bonds is 14. The summed E-state index contributed by atoms with van der Waals surface area (Å²) in [6.45, 7) is 8.22. The summed E-state index contributed by atoms with van der Waals surface area (Å²) < 4.78 is 10.3. The van der Waals surface area contributed by atoms with E-state index in [1.807, 2.05) is 0 Å². The zero-order valence-corrected chi connectivity index (χ0v) is 23.5. The van der Waals surface area contributed by atoms with Crippen molar-refractivity contribution in [2.75, 3.05) is 13.2 Å². The Labute approximate surface area is 237 Å². The number of unbranched alkanes of at least 4 members (excludes halogenated alkanes) is 2. The molecule has 4 nitrogen and oxygen atoms in total. The lowest BCUT2D eigenvalue weighted by Crippen LogP contribution is -2.21. The van der Waals surface area contributed by atoms with Gasteiger partial charge in [0.05, 0.1) is 13.2 Å². The van der Waals surface area contributed by atoms with Crippen molar-refractivity contribution in [3.63, 3.8) is 0 Å². The maximum Gasteiger partial charge on any atom is 0.333 e. The Morgan fingerprint density at radius 3 is 1.85 bits per heavy atom. The van der Waals surface area contributed by atoms with E-state index in [0.29, 0.717) is 18.5 Å². The minimum absolute atomic E-state index is 0.133. The molecule has 0 fully saturated rings. The van der Waals surface area contributed by atoms with Crippen molar-refractivity contribution in [2.24, 2.45) is 5.92 Å². The van der Waals surface area contributed by atoms with Gasteiger partial charge in [-0.1, -0.05) is 99.1 Å². The van der Waals surface area contributed by atoms with Crippen molar-refractivity contribution in [3.05, 3.63) is 108 Å². The molecule has 1 atom stereocenters. The fourth-order valence-electron chi connectivity index (χ4n) is 4.87. The maximum absolute atomic E-state index is 11.8. The predicted octanol–water partition coefficient (Wildman–Crippen LogP) is 8.36. The number of benzene rings is 4. The molecule has 0 radical (unpaired) electrons. The van der Waals surface area contributed by atoms with Crippen LogP contribution < -0.4 is 0 Å². The van der Waals surface area contributed by atoms with Crippen molar-refractivity contribution in [2.45, 2.75) is 46.0 Å². The third-order valence-corrected chi connectivity index (χ3v) is 7.21. The molecule has 0 aliphatic rings. The number of esters is 1. The first-order chi connectivity index (χ1) is 19.5. The van der Waals surface area contributed by atoms with Crippen molar-refractivity contribution in [1.82, 2.24) is 0 Å². The van der Waals surface area contributed by atoms with Gasteiger partial charge in [-0.2, -0.15) is 0 Å². The molecule has 0 N–H and O–H groups in total. The first-order valence-corrected chi connectivity index (χ1v) is 14.1. The first kappa shape index (κ1) is 28.8. The predicted molar refractivity (Wildman–Crippen MR) is 163 cm³/mol. The maximum atomic E-state index is 11.8. The average molecular weight is 535 g/mol. The summed E-state index contributed by atoms with van der Waals surface area (Å²) in [5, 5.41) is 2.42. The lowest BCUT2D eigenvalue weighted by molar-refractivity contribution is -0.141. The highest BCUT2D eigenvalue weighted by molar-refractivity contribution is 5.91. The number of hydrogen-bond donors (Lipinski definition) is 0. The zero-order chi connectivity index (χ0) is 28.3. The molecule has 1 unspecified atom stereocenters. The molecule has 0 aromatic heterocycles. The lowest BCUT2D eigenvalue weighted by Gasteiger charge is -2.16. The second kappa shape index (κ2) is 14.3. The average Bonchev–Trinajstić information content (AvgIpc) is 2.98. The highest BCUT2D eigenvalue weighted by Crippen LogP contribution is 2.29. The minimum atomic E-state index is -0.439. The third kappa shape index (κ3) is 7.92. The van der Waals surface area contributed by atoms with Crippen LogP contribution in [0.2, 0.25) is 0 Å². The Hall–Kier alpha value is -4.18. The standard InChI is InChI=1S/C36H38O4/c1-4-5-6-7-27-8-12-30(13-9-27)32-16-18-35-22-33(17-19-34(35)21-32)31-14-10-28(11-15-31)20-29(23-39-25-37)24-40-36(38)26(2)3/h8-19,21-22,25,29H,2,4-7,20,23-24H2,1,3H3. The van der Waals surface area contributed by atoms with Crippen LogP contribution in [0.5, 0.6) is 0 Å². The number of aryl methyl sites for hydroxylation is 1. The molecule has 0 saturated carbocycles. The Kier molecular flexibility index (Phi) is 10.3. The van der Waals surface area contributed by atoms with Gasteiger partial charge in [0.1, 0.15) is 0 Å². The van der Waals surface area contributed by atoms with Crippen LogP contribution in [-0.2, 0) is 31.9 Å². The molecule has 4 aromatic rings. The summed E-state index contributed by atoms with van der Waals surface area (Å²) >= 11 is 0. The Morgan fingerprint density at radius 2 is 1.32 bits per heavy atom. The van der Waals surface area contributed by atoms with Crippen molar-refractivity contribution < 1.29 is 19.1 Å². The van der Waals surface area contributed by atoms with Crippen LogP contribution in [-0.4, -0.2) is 25.7 Å². The lowest BCUT2D eigenvalue weighted by atomic mass is 9.95. The van der Waals surface area contributed by atoms with Gasteiger partial charge in [0.25, 0.3) is 6.47 Å². The van der Waals surface area contributed by atoms with E-state index in [9.17, 15) is 9.59 Å². The number of carbonyl (C=O) groups is 2. The Balaban J connectivity index is 1.43. The van der Waals surface area contributed by atoms with E-state index in [2.05, 4.69) is 98.4 Å². The Morgan fingerprint density at radius 1 is 0.775 bits per heavy atom. The summed E-state index contributed by atoms with van der Waals surface area (Å²) in [7, 11) is 0. The molecule has 0 bridgehead atoms. The summed E-state index contributed by atoms with van der Waals surface area (Å²) in [6.07, 6.45) is 5.55. The van der Waals surface area contributed by atoms with E-state index in [-0.39, 0.29) is 19.1 Å². The van der Waals surface area contributed by atoms with E-state index in [1.54, 1.807) is 6.92 Å². The first-order valence-electron chi connectivity index (χ1n) is 14.1. The smallest absolute Gasteiger partial charge is 0.333 e. The number of hydrogen-bond acceptors (Lipinski definition) is 4. The second-order valence-electron chi connectivity index (χ2n) is 10.5. The van der Waals surface area contributed by atoms with Gasteiger partial charge in [-0.05, 0) is 82.5 Å². The van der Waals surface area contributed by atoms with Crippen molar-refractivity contribution >= 4 is 23.2 Å². The normalized spacial score (nSPS) is 11.7. The zero-order valence-electron chi connectivity index (χ0n) is 23.5. The highest BCUT2D eigenvalue weighted by Gasteiger charge is 2.15. The van der Waals surface area contributed by atoms with Gasteiger partial charge in [0.2, 0.25) is 0 Å². The fourth-order valence-corrected chi connectivity index (χ4v) is 4.87. The molecule has 4 heteroatoms. The van der Waals surface area contributed by atoms with E-state index in [0.717, 1.165) is 23.1 Å². The number of carbonyl (C=O) groups excluding carboxylic acids is 2. The van der Waals surface area contributed by atoms with Crippen molar-refractivity contribution in [3.8, 4) is 22.3 Å². The van der Waals surface area contributed by atoms with Gasteiger partial charge in [0.15, 0.2) is 0 Å². The molecule has 0 aliphatic heterocycles. The summed E-state index contributed by atoms with van der Waals surface area (Å²) in [5.41, 5.74) is 7.58. The van der Waals surface area contributed by atoms with Crippen LogP contribution in [0.4, 0.5) is 0 Å². The molecule has 4 aromatic carbocycles. The molecule has 0 saturated heterocycles. The largest absolute Gasteiger partial charge is 0.467 e. The third-order valence-electron chi connectivity index (χ3n) is 7.21. The molecular weight excluding hydrogens is 496 g/mol. The quantitative estimate of drug-likeness (QED) is 0.0706. The molecule has 0 heterocycles. The van der Waals surface area contributed by atoms with Gasteiger partial charge in [-0.25, -0.2) is 4.79 Å². The second-order valence-corrected chi connectivity index (χ2v) is 10.5. The summed E-state index contributed by atoms with van der Waals surface area (Å²) in [6, 6.07) is 30.6. The number of fused-ring (bicyclic) bond motifs is 1. The molecule has 4 rings (SSSR count). The number of ether oxygens (including phenoxy) is 2. The molecule has 40 heavy (non-hydrogen) atoms. The topological polar surface area (TPSA) is 52.6 Å². The van der Waals surface area contributed by atoms with Crippen LogP contribution in [0.3, 0.4) is 0 Å². The van der Waals surface area contributed by atoms with Gasteiger partial charge >= 0.3 is 5.97 Å². The molecular formula is C36H38O4. The van der Waals surface area contributed by atoms with Crippen LogP contribution >= 0.6 is 0 Å². The van der Waals surface area contributed by atoms with Gasteiger partial charge < -0.3 is 9.47 Å². The fraction of sp³-hybridized carbons (Fsp3) is 0.278. The van der Waals surface area contributed by atoms with E-state index in [1.165, 1.54) is 46.7 Å². The SMILES string of the molecule is C=C(C)C(=O)OCC(COC=O)Cc1ccc(-c2ccc3cc(-c4ccc(CCCCC)cc4)ccc3c2)cc1. The summed E-state index contributed by atoms with van der Waals surface area (Å²) in [4.78, 5) is 22.5. The van der Waals surface area contributed by atoms with Gasteiger partial charge in [-0.3, -0.25) is 4.79 Å². The van der Waals surface area contributed by atoms with E-state index in [4.69, 9.17) is 9.47 Å². The van der Waals surface area contributed by atoms with Crippen LogP contribution in [0, 0.1) is 5.92 Å². The highest BCUT2D eigenvalue weighted by atomic mass is 16.5. The molecule has 206 valence electrons. The molecule has 0 amide bonds. The Bertz CT molecular complexity index is 1430. The molecule has 0 spiro atoms. The van der Waals surface area contributed by atoms with E-state index < -0.39 is 5.97 Å². The van der Waals surface area contributed by atoms with Crippen LogP contribution in [0.25, 0.3) is 33.0 Å². The van der Waals surface area contributed by atoms with Gasteiger partial charge in [0, 0.05) is 11.5 Å². The van der Waals surface area contributed by atoms with Crippen LogP contribution in [0.1, 0.15) is 44.2 Å². The monoisotopic (exact) mass is 534 g/mol.